The normalized spacial score (nSPS) is 11.2. The molecular formula is C22H18FN7OS. The van der Waals surface area contributed by atoms with Gasteiger partial charge in [0.1, 0.15) is 34.7 Å². The first-order valence-corrected chi connectivity index (χ1v) is 10.9. The van der Waals surface area contributed by atoms with E-state index < -0.39 is 5.82 Å². The minimum atomic E-state index is -0.476. The molecule has 3 heterocycles. The molecule has 0 saturated carbocycles. The smallest absolute Gasteiger partial charge is 0.188 e. The van der Waals surface area contributed by atoms with Crippen LogP contribution in [-0.4, -0.2) is 35.7 Å². The molecule has 5 aromatic rings. The number of hydrogen-bond donors (Lipinski definition) is 1. The first-order chi connectivity index (χ1) is 15.5. The number of thioether (sulfide) groups is 1. The van der Waals surface area contributed by atoms with Crippen molar-refractivity contribution in [2.75, 3.05) is 11.6 Å². The molecule has 1 N–H and O–H groups in total. The van der Waals surface area contributed by atoms with Gasteiger partial charge in [-0.05, 0) is 36.9 Å². The van der Waals surface area contributed by atoms with Crippen molar-refractivity contribution in [3.05, 3.63) is 60.6 Å². The highest BCUT2D eigenvalue weighted by Gasteiger charge is 2.14. The molecule has 0 spiro atoms. The first kappa shape index (κ1) is 20.1. The van der Waals surface area contributed by atoms with Crippen LogP contribution < -0.4 is 10.1 Å². The molecule has 0 aliphatic carbocycles. The summed E-state index contributed by atoms with van der Waals surface area (Å²) in [6.45, 7) is 1.85. The number of anilines is 2. The van der Waals surface area contributed by atoms with Crippen molar-refractivity contribution in [3.8, 4) is 11.5 Å². The number of nitrogens with one attached hydrogen (secondary N) is 1. The Labute approximate surface area is 186 Å². The van der Waals surface area contributed by atoms with Crippen molar-refractivity contribution >= 4 is 45.3 Å². The molecule has 32 heavy (non-hydrogen) atoms. The Kier molecular flexibility index (Phi) is 5.06. The average Bonchev–Trinajstić information content (AvgIpc) is 3.17. The standard InChI is InChI=1S/C22H18FN7OS/c1-12-6-15(28-21-20-17(25-10-26-21)9-24-22(29-20)32-3)14(23)8-19(12)31-13-4-5-18-16(7-13)27-11-30(18)2/h4-11H,1-3H3,(H,25,26,28). The SMILES string of the molecule is CSc1ncc2ncnc(Nc3cc(C)c(Oc4ccc5c(c4)ncn5C)cc3F)c2n1. The minimum absolute atomic E-state index is 0.263. The fourth-order valence-corrected chi connectivity index (χ4v) is 3.67. The highest BCUT2D eigenvalue weighted by atomic mass is 32.2. The van der Waals surface area contributed by atoms with E-state index >= 15 is 0 Å². The zero-order chi connectivity index (χ0) is 22.2. The number of hydrogen-bond acceptors (Lipinski definition) is 8. The minimum Gasteiger partial charge on any atom is -0.457 e. The van der Waals surface area contributed by atoms with Crippen molar-refractivity contribution in [2.45, 2.75) is 12.1 Å². The van der Waals surface area contributed by atoms with Gasteiger partial charge in [0, 0.05) is 19.2 Å². The Morgan fingerprint density at radius 1 is 1.06 bits per heavy atom. The van der Waals surface area contributed by atoms with Crippen LogP contribution in [0, 0.1) is 12.7 Å². The molecule has 0 radical (unpaired) electrons. The van der Waals surface area contributed by atoms with Crippen LogP contribution in [0.2, 0.25) is 0 Å². The van der Waals surface area contributed by atoms with Crippen molar-refractivity contribution in [1.29, 1.82) is 0 Å². The highest BCUT2D eigenvalue weighted by molar-refractivity contribution is 7.98. The second kappa shape index (κ2) is 8.04. The van der Waals surface area contributed by atoms with Gasteiger partial charge >= 0.3 is 0 Å². The number of rotatable bonds is 5. The van der Waals surface area contributed by atoms with E-state index in [-0.39, 0.29) is 5.69 Å². The molecule has 0 amide bonds. The molecule has 3 aromatic heterocycles. The first-order valence-electron chi connectivity index (χ1n) is 9.69. The summed E-state index contributed by atoms with van der Waals surface area (Å²) in [6.07, 6.45) is 6.63. The lowest BCUT2D eigenvalue weighted by Crippen LogP contribution is -2.02. The third-order valence-corrected chi connectivity index (χ3v) is 5.54. The van der Waals surface area contributed by atoms with Gasteiger partial charge in [-0.15, -0.1) is 0 Å². The maximum Gasteiger partial charge on any atom is 0.188 e. The van der Waals surface area contributed by atoms with Crippen molar-refractivity contribution in [1.82, 2.24) is 29.5 Å². The van der Waals surface area contributed by atoms with Crippen LogP contribution in [-0.2, 0) is 7.05 Å². The van der Waals surface area contributed by atoms with Crippen molar-refractivity contribution < 1.29 is 9.13 Å². The van der Waals surface area contributed by atoms with Crippen LogP contribution in [0.4, 0.5) is 15.9 Å². The van der Waals surface area contributed by atoms with E-state index in [2.05, 4.69) is 30.2 Å². The van der Waals surface area contributed by atoms with Gasteiger partial charge < -0.3 is 14.6 Å². The van der Waals surface area contributed by atoms with Gasteiger partial charge in [-0.25, -0.2) is 29.3 Å². The van der Waals surface area contributed by atoms with Crippen LogP contribution >= 0.6 is 11.8 Å². The molecule has 0 fully saturated rings. The number of fused-ring (bicyclic) bond motifs is 2. The predicted molar refractivity (Wildman–Crippen MR) is 122 cm³/mol. The number of aryl methyl sites for hydroxylation is 2. The van der Waals surface area contributed by atoms with E-state index in [9.17, 15) is 4.39 Å². The Balaban J connectivity index is 1.45. The zero-order valence-electron chi connectivity index (χ0n) is 17.5. The third-order valence-electron chi connectivity index (χ3n) is 4.98. The maximum atomic E-state index is 15.0. The predicted octanol–water partition coefficient (Wildman–Crippen LogP) is 5.01. The molecule has 0 unspecified atom stereocenters. The van der Waals surface area contributed by atoms with Gasteiger partial charge in [-0.1, -0.05) is 11.8 Å². The largest absolute Gasteiger partial charge is 0.457 e. The second-order valence-electron chi connectivity index (χ2n) is 7.14. The summed E-state index contributed by atoms with van der Waals surface area (Å²) < 4.78 is 22.9. The fourth-order valence-electron chi connectivity index (χ4n) is 3.33. The molecule has 0 aliphatic heterocycles. The number of nitrogens with zero attached hydrogens (tertiary/aromatic N) is 6. The number of benzene rings is 2. The van der Waals surface area contributed by atoms with Crippen LogP contribution in [0.5, 0.6) is 11.5 Å². The number of ether oxygens (including phenoxy) is 1. The fraction of sp³-hybridized carbons (Fsp3) is 0.136. The summed E-state index contributed by atoms with van der Waals surface area (Å²) in [4.78, 5) is 21.4. The molecule has 0 aliphatic rings. The Morgan fingerprint density at radius 2 is 1.94 bits per heavy atom. The number of halogens is 1. The second-order valence-corrected chi connectivity index (χ2v) is 7.92. The summed E-state index contributed by atoms with van der Waals surface area (Å²) in [6, 6.07) is 8.61. The summed E-state index contributed by atoms with van der Waals surface area (Å²) in [5, 5.41) is 3.62. The Morgan fingerprint density at radius 3 is 2.78 bits per heavy atom. The van der Waals surface area contributed by atoms with Gasteiger partial charge in [-0.2, -0.15) is 0 Å². The monoisotopic (exact) mass is 447 g/mol. The van der Waals surface area contributed by atoms with E-state index in [0.29, 0.717) is 33.5 Å². The average molecular weight is 447 g/mol. The maximum absolute atomic E-state index is 15.0. The van der Waals surface area contributed by atoms with Gasteiger partial charge in [-0.3, -0.25) is 0 Å². The molecular weight excluding hydrogens is 429 g/mol. The molecule has 0 bridgehead atoms. The van der Waals surface area contributed by atoms with E-state index in [0.717, 1.165) is 16.6 Å². The quantitative estimate of drug-likeness (QED) is 0.297. The van der Waals surface area contributed by atoms with Crippen LogP contribution in [0.15, 0.2) is 54.3 Å². The van der Waals surface area contributed by atoms with Gasteiger partial charge in [0.15, 0.2) is 11.0 Å². The Hall–Kier alpha value is -3.79. The lowest BCUT2D eigenvalue weighted by Gasteiger charge is -2.13. The van der Waals surface area contributed by atoms with Crippen LogP contribution in [0.1, 0.15) is 5.56 Å². The van der Waals surface area contributed by atoms with E-state index in [1.807, 2.05) is 43.0 Å². The summed E-state index contributed by atoms with van der Waals surface area (Å²) in [5.41, 5.74) is 3.91. The van der Waals surface area contributed by atoms with E-state index in [1.165, 1.54) is 24.2 Å². The van der Waals surface area contributed by atoms with Crippen molar-refractivity contribution in [2.24, 2.45) is 7.05 Å². The molecule has 2 aromatic carbocycles. The molecule has 5 rings (SSSR count). The van der Waals surface area contributed by atoms with Gasteiger partial charge in [0.05, 0.1) is 29.2 Å². The van der Waals surface area contributed by atoms with E-state index in [4.69, 9.17) is 4.74 Å². The number of imidazole rings is 1. The van der Waals surface area contributed by atoms with E-state index in [1.54, 1.807) is 18.6 Å². The molecule has 160 valence electrons. The summed E-state index contributed by atoms with van der Waals surface area (Å²) >= 11 is 1.41. The topological polar surface area (TPSA) is 90.6 Å². The van der Waals surface area contributed by atoms with Gasteiger partial charge in [0.25, 0.3) is 0 Å². The third kappa shape index (κ3) is 3.69. The summed E-state index contributed by atoms with van der Waals surface area (Å²) in [5.74, 6) is 0.932. The lowest BCUT2D eigenvalue weighted by atomic mass is 10.2. The molecule has 10 heteroatoms. The van der Waals surface area contributed by atoms with Crippen LogP contribution in [0.25, 0.3) is 22.1 Å². The summed E-state index contributed by atoms with van der Waals surface area (Å²) in [7, 11) is 1.93. The van der Waals surface area contributed by atoms with Crippen LogP contribution in [0.3, 0.4) is 0 Å². The van der Waals surface area contributed by atoms with Gasteiger partial charge in [0.2, 0.25) is 0 Å². The highest BCUT2D eigenvalue weighted by Crippen LogP contribution is 2.32. The van der Waals surface area contributed by atoms with Crippen molar-refractivity contribution in [3.63, 3.8) is 0 Å². The molecule has 8 nitrogen and oxygen atoms in total. The molecule has 0 saturated heterocycles. The molecule has 0 atom stereocenters. The lowest BCUT2D eigenvalue weighted by molar-refractivity contribution is 0.474. The Bertz CT molecular complexity index is 1470. The number of aromatic nitrogens is 6. The zero-order valence-corrected chi connectivity index (χ0v) is 18.3.